The number of ether oxygens (including phenoxy) is 1. The Labute approximate surface area is 129 Å². The van der Waals surface area contributed by atoms with Crippen molar-refractivity contribution in [1.82, 2.24) is 0 Å². The van der Waals surface area contributed by atoms with Crippen molar-refractivity contribution in [1.29, 1.82) is 0 Å². The molecule has 0 fully saturated rings. The summed E-state index contributed by atoms with van der Waals surface area (Å²) in [7, 11) is 0. The zero-order valence-corrected chi connectivity index (χ0v) is 13.6. The van der Waals surface area contributed by atoms with Crippen molar-refractivity contribution in [2.45, 2.75) is 13.0 Å². The molecule has 0 spiro atoms. The molecule has 2 aromatic carbocycles. The predicted molar refractivity (Wildman–Crippen MR) is 83.5 cm³/mol. The van der Waals surface area contributed by atoms with E-state index in [1.807, 2.05) is 49.4 Å². The van der Waals surface area contributed by atoms with E-state index in [4.69, 9.17) is 4.74 Å². The third-order valence-corrected chi connectivity index (χ3v) is 3.98. The number of aliphatic hydroxyl groups excluding tert-OH is 1. The highest BCUT2D eigenvalue weighted by molar-refractivity contribution is 9.10. The molecule has 0 radical (unpaired) electrons. The van der Waals surface area contributed by atoms with Crippen LogP contribution in [0.1, 0.15) is 24.2 Å². The zero-order valence-electron chi connectivity index (χ0n) is 10.4. The first kappa shape index (κ1) is 14.6. The van der Waals surface area contributed by atoms with Crippen molar-refractivity contribution in [2.24, 2.45) is 0 Å². The van der Waals surface area contributed by atoms with E-state index < -0.39 is 6.10 Å². The summed E-state index contributed by atoms with van der Waals surface area (Å²) in [5.74, 6) is 0.703. The maximum Gasteiger partial charge on any atom is 0.125 e. The van der Waals surface area contributed by atoms with Gasteiger partial charge in [0.2, 0.25) is 0 Å². The highest BCUT2D eigenvalue weighted by Crippen LogP contribution is 2.35. The number of rotatable bonds is 4. The fraction of sp³-hybridized carbons (Fsp3) is 0.200. The average Bonchev–Trinajstić information content (AvgIpc) is 2.41. The average molecular weight is 386 g/mol. The van der Waals surface area contributed by atoms with Gasteiger partial charge in [-0.25, -0.2) is 0 Å². The maximum absolute atomic E-state index is 10.6. The summed E-state index contributed by atoms with van der Waals surface area (Å²) in [6, 6.07) is 13.3. The van der Waals surface area contributed by atoms with Gasteiger partial charge in [-0.2, -0.15) is 0 Å². The highest BCUT2D eigenvalue weighted by Gasteiger charge is 2.18. The van der Waals surface area contributed by atoms with Crippen molar-refractivity contribution in [2.75, 3.05) is 6.61 Å². The molecule has 1 N–H and O–H groups in total. The van der Waals surface area contributed by atoms with Crippen LogP contribution in [0.25, 0.3) is 0 Å². The zero-order chi connectivity index (χ0) is 13.8. The van der Waals surface area contributed by atoms with E-state index in [-0.39, 0.29) is 0 Å². The Morgan fingerprint density at radius 1 is 1.11 bits per heavy atom. The van der Waals surface area contributed by atoms with Crippen molar-refractivity contribution in [3.8, 4) is 5.75 Å². The number of halogens is 2. The second-order valence-electron chi connectivity index (χ2n) is 4.04. The van der Waals surface area contributed by atoms with E-state index in [0.29, 0.717) is 12.4 Å². The third kappa shape index (κ3) is 3.38. The normalized spacial score (nSPS) is 12.2. The van der Waals surface area contributed by atoms with Crippen LogP contribution in [-0.4, -0.2) is 11.7 Å². The monoisotopic (exact) mass is 384 g/mol. The quantitative estimate of drug-likeness (QED) is 0.826. The van der Waals surface area contributed by atoms with E-state index in [1.54, 1.807) is 0 Å². The minimum Gasteiger partial charge on any atom is -0.493 e. The van der Waals surface area contributed by atoms with Gasteiger partial charge in [-0.3, -0.25) is 0 Å². The molecule has 100 valence electrons. The lowest BCUT2D eigenvalue weighted by Crippen LogP contribution is -2.04. The number of aliphatic hydroxyl groups is 1. The van der Waals surface area contributed by atoms with Crippen molar-refractivity contribution < 1.29 is 9.84 Å². The summed E-state index contributed by atoms with van der Waals surface area (Å²) in [5, 5.41) is 10.6. The van der Waals surface area contributed by atoms with E-state index in [9.17, 15) is 5.11 Å². The first-order valence-corrected chi connectivity index (χ1v) is 7.56. The van der Waals surface area contributed by atoms with Gasteiger partial charge in [0.05, 0.1) is 6.61 Å². The summed E-state index contributed by atoms with van der Waals surface area (Å²) in [6.07, 6.45) is -0.727. The molecule has 2 rings (SSSR count). The Hall–Kier alpha value is -0.840. The van der Waals surface area contributed by atoms with Gasteiger partial charge in [0.25, 0.3) is 0 Å². The number of hydrogen-bond acceptors (Lipinski definition) is 2. The summed E-state index contributed by atoms with van der Waals surface area (Å²) in [4.78, 5) is 0. The first-order chi connectivity index (χ1) is 9.13. The molecule has 1 unspecified atom stereocenters. The Morgan fingerprint density at radius 3 is 2.53 bits per heavy atom. The molecule has 0 aliphatic carbocycles. The van der Waals surface area contributed by atoms with Crippen LogP contribution in [0.4, 0.5) is 0 Å². The van der Waals surface area contributed by atoms with E-state index >= 15 is 0 Å². The van der Waals surface area contributed by atoms with Gasteiger partial charge in [0.1, 0.15) is 11.9 Å². The van der Waals surface area contributed by atoms with Gasteiger partial charge in [-0.1, -0.05) is 50.1 Å². The molecule has 0 saturated heterocycles. The molecule has 0 bridgehead atoms. The molecule has 0 aromatic heterocycles. The molecule has 0 amide bonds. The van der Waals surface area contributed by atoms with E-state index in [0.717, 1.165) is 20.1 Å². The Balaban J connectivity index is 2.45. The molecule has 0 saturated carbocycles. The predicted octanol–water partition coefficient (Wildman–Crippen LogP) is 4.69. The SMILES string of the molecule is CCOc1ccc(Br)cc1C(O)c1ccccc1Br. The fourth-order valence-electron chi connectivity index (χ4n) is 1.88. The lowest BCUT2D eigenvalue weighted by Gasteiger charge is -2.17. The van der Waals surface area contributed by atoms with Crippen LogP contribution in [0.5, 0.6) is 5.75 Å². The van der Waals surface area contributed by atoms with Gasteiger partial charge in [0, 0.05) is 14.5 Å². The largest absolute Gasteiger partial charge is 0.493 e. The van der Waals surface area contributed by atoms with Gasteiger partial charge < -0.3 is 9.84 Å². The smallest absolute Gasteiger partial charge is 0.125 e. The fourth-order valence-corrected chi connectivity index (χ4v) is 2.76. The number of benzene rings is 2. The Morgan fingerprint density at radius 2 is 1.84 bits per heavy atom. The minimum absolute atomic E-state index is 0.567. The lowest BCUT2D eigenvalue weighted by molar-refractivity contribution is 0.211. The molecule has 1 atom stereocenters. The van der Waals surface area contributed by atoms with Gasteiger partial charge in [0.15, 0.2) is 0 Å². The summed E-state index contributed by atoms with van der Waals surface area (Å²) >= 11 is 6.89. The van der Waals surface area contributed by atoms with Gasteiger partial charge in [-0.05, 0) is 36.8 Å². The van der Waals surface area contributed by atoms with Crippen LogP contribution in [-0.2, 0) is 0 Å². The molecule has 0 aliphatic heterocycles. The molecule has 2 nitrogen and oxygen atoms in total. The van der Waals surface area contributed by atoms with Crippen LogP contribution in [0.15, 0.2) is 51.4 Å². The highest BCUT2D eigenvalue weighted by atomic mass is 79.9. The topological polar surface area (TPSA) is 29.5 Å². The molecule has 4 heteroatoms. The van der Waals surface area contributed by atoms with Crippen molar-refractivity contribution in [3.63, 3.8) is 0 Å². The number of hydrogen-bond donors (Lipinski definition) is 1. The van der Waals surface area contributed by atoms with Gasteiger partial charge >= 0.3 is 0 Å². The van der Waals surface area contributed by atoms with Crippen LogP contribution in [0, 0.1) is 0 Å². The molecule has 0 aliphatic rings. The van der Waals surface area contributed by atoms with Crippen LogP contribution < -0.4 is 4.74 Å². The van der Waals surface area contributed by atoms with Crippen molar-refractivity contribution >= 4 is 31.9 Å². The van der Waals surface area contributed by atoms with E-state index in [1.165, 1.54) is 0 Å². The molecular formula is C15H14Br2O2. The summed E-state index contributed by atoms with van der Waals surface area (Å²) < 4.78 is 7.37. The molecule has 0 heterocycles. The summed E-state index contributed by atoms with van der Waals surface area (Å²) in [6.45, 7) is 2.49. The molecular weight excluding hydrogens is 372 g/mol. The second kappa shape index (κ2) is 6.55. The van der Waals surface area contributed by atoms with Crippen LogP contribution >= 0.6 is 31.9 Å². The third-order valence-electron chi connectivity index (χ3n) is 2.77. The molecule has 19 heavy (non-hydrogen) atoms. The maximum atomic E-state index is 10.6. The van der Waals surface area contributed by atoms with Crippen LogP contribution in [0.2, 0.25) is 0 Å². The van der Waals surface area contributed by atoms with Crippen molar-refractivity contribution in [3.05, 3.63) is 62.5 Å². The first-order valence-electron chi connectivity index (χ1n) is 5.98. The van der Waals surface area contributed by atoms with Crippen LogP contribution in [0.3, 0.4) is 0 Å². The summed E-state index contributed by atoms with van der Waals surface area (Å²) in [5.41, 5.74) is 1.57. The molecule has 2 aromatic rings. The van der Waals surface area contributed by atoms with E-state index in [2.05, 4.69) is 31.9 Å². The minimum atomic E-state index is -0.727. The van der Waals surface area contributed by atoms with Gasteiger partial charge in [-0.15, -0.1) is 0 Å². The standard InChI is InChI=1S/C15H14Br2O2/c1-2-19-14-8-7-10(16)9-12(14)15(18)11-5-3-4-6-13(11)17/h3-9,15,18H,2H2,1H3. The lowest BCUT2D eigenvalue weighted by atomic mass is 10.0. The second-order valence-corrected chi connectivity index (χ2v) is 5.81. The Bertz CT molecular complexity index is 570. The Kier molecular flexibility index (Phi) is 5.02.